The van der Waals surface area contributed by atoms with Crippen LogP contribution in [0.3, 0.4) is 0 Å². The predicted octanol–water partition coefficient (Wildman–Crippen LogP) is 5.94. The van der Waals surface area contributed by atoms with Gasteiger partial charge in [-0.15, -0.1) is 4.33 Å². The Morgan fingerprint density at radius 1 is 0.549 bits per heavy atom. The first-order chi connectivity index (χ1) is 43.0. The summed E-state index contributed by atoms with van der Waals surface area (Å²) in [6.07, 6.45) is -7.11. The van der Waals surface area contributed by atoms with Gasteiger partial charge in [0.15, 0.2) is 0 Å². The summed E-state index contributed by atoms with van der Waals surface area (Å²) >= 11 is -1.64. The summed E-state index contributed by atoms with van der Waals surface area (Å²) in [6, 6.07) is 0. The van der Waals surface area contributed by atoms with E-state index in [1.807, 2.05) is 18.2 Å². The fourth-order valence-electron chi connectivity index (χ4n) is 8.19. The number of allylic oxidation sites excluding steroid dienone is 1. The van der Waals surface area contributed by atoms with Crippen molar-refractivity contribution in [3.63, 3.8) is 0 Å². The smallest absolute Gasteiger partial charge is 0.436 e. The van der Waals surface area contributed by atoms with Crippen molar-refractivity contribution < 1.29 is 130 Å². The average molecular weight is 1370 g/mol. The van der Waals surface area contributed by atoms with E-state index in [2.05, 4.69) is 76.0 Å². The average Bonchev–Trinajstić information content (AvgIpc) is 1.22. The first-order valence-electron chi connectivity index (χ1n) is 30.5. The van der Waals surface area contributed by atoms with Crippen molar-refractivity contribution in [3.8, 4) is 0 Å². The molecule has 6 aliphatic rings. The van der Waals surface area contributed by atoms with Crippen LogP contribution in [-0.4, -0.2) is 351 Å². The number of hydrogen-bond donors (Lipinski definition) is 1. The summed E-state index contributed by atoms with van der Waals surface area (Å²) < 4.78 is 196. The number of rotatable bonds is 15. The van der Waals surface area contributed by atoms with Crippen molar-refractivity contribution in [2.75, 3.05) is 274 Å². The molecule has 1 N–H and O–H groups in total. The quantitative estimate of drug-likeness (QED) is 0.0504. The van der Waals surface area contributed by atoms with Gasteiger partial charge in [-0.3, -0.25) is 4.90 Å². The van der Waals surface area contributed by atoms with Crippen molar-refractivity contribution >= 4 is 12.0 Å². The summed E-state index contributed by atoms with van der Waals surface area (Å²) in [7, 11) is 16.7. The van der Waals surface area contributed by atoms with Gasteiger partial charge in [0.2, 0.25) is 0 Å². The zero-order valence-corrected chi connectivity index (χ0v) is 55.0. The number of piperazine rings is 2. The Labute approximate surface area is 539 Å². The fraction of sp³-hybridized carbons (Fsp3) is 0.931. The van der Waals surface area contributed by atoms with Crippen LogP contribution in [0.15, 0.2) is 24.0 Å². The van der Waals surface area contributed by atoms with E-state index in [9.17, 15) is 35.1 Å². The van der Waals surface area contributed by atoms with Gasteiger partial charge < -0.3 is 90.2 Å². The summed E-state index contributed by atoms with van der Waals surface area (Å²) in [4.78, 5) is 9.46. The molecule has 3 atom stereocenters. The molecule has 0 amide bonds. The van der Waals surface area contributed by atoms with Crippen molar-refractivity contribution in [2.24, 2.45) is 0 Å². The van der Waals surface area contributed by atoms with Gasteiger partial charge in [0.25, 0.3) is 0 Å². The Morgan fingerprint density at radius 3 is 1.38 bits per heavy atom. The molecular weight excluding hydrogens is 1250 g/mol. The zero-order chi connectivity index (χ0) is 66.4. The van der Waals surface area contributed by atoms with Crippen LogP contribution < -0.4 is 0 Å². The molecule has 0 saturated carbocycles. The summed E-state index contributed by atoms with van der Waals surface area (Å²) in [6.45, 7) is 19.8. The molecule has 33 heteroatoms. The fourth-order valence-corrected chi connectivity index (χ4v) is 8.45. The second-order valence-electron chi connectivity index (χ2n) is 22.1. The summed E-state index contributed by atoms with van der Waals surface area (Å²) in [5, 5.41) is 4.75. The molecular formula is C58H110F8N5O19S+. The number of hydrogen-bond acceptors (Lipinski definition) is 24. The van der Waals surface area contributed by atoms with Gasteiger partial charge in [-0.05, 0) is 65.7 Å². The zero-order valence-electron chi connectivity index (χ0n) is 54.2. The molecule has 5 fully saturated rings. The third kappa shape index (κ3) is 42.4. The SMILES string of the molecule is C.CN1CCN(C)CC1.CN1CC[N+](C)(C)CC1.COC1=CC2OCCOCCOCCOCCOCCOC2C=C1.COC1CCN(C)CC1.OOOSC(F)(F)C(F)(F)OC(F)(F)C(F)(F)CCCOCC1COCCOCCOCCOCCOCCO1. The number of likely N-dealkylation sites (N-methyl/N-ethyl adjacent to an activating group) is 4. The van der Waals surface area contributed by atoms with Crippen LogP contribution in [0.2, 0.25) is 0 Å². The van der Waals surface area contributed by atoms with E-state index in [0.717, 1.165) is 5.76 Å². The molecule has 5 saturated heterocycles. The Balaban J connectivity index is 0.000000670. The van der Waals surface area contributed by atoms with Gasteiger partial charge in [-0.2, -0.15) is 35.1 Å². The van der Waals surface area contributed by atoms with E-state index < -0.39 is 61.0 Å². The first-order valence-corrected chi connectivity index (χ1v) is 31.2. The minimum atomic E-state index is -6.14. The van der Waals surface area contributed by atoms with Crippen LogP contribution in [0.5, 0.6) is 0 Å². The van der Waals surface area contributed by atoms with Crippen LogP contribution in [0.25, 0.3) is 0 Å². The minimum Gasteiger partial charge on any atom is -0.497 e. The molecule has 3 unspecified atom stereocenters. The van der Waals surface area contributed by atoms with Crippen molar-refractivity contribution in [1.82, 2.24) is 19.6 Å². The van der Waals surface area contributed by atoms with Crippen molar-refractivity contribution in [1.29, 1.82) is 0 Å². The van der Waals surface area contributed by atoms with Gasteiger partial charge in [0, 0.05) is 72.5 Å². The number of piperidine rings is 1. The molecule has 0 aromatic carbocycles. The lowest BCUT2D eigenvalue weighted by Crippen LogP contribution is -2.53. The number of nitrogens with zero attached hydrogens (tertiary/aromatic N) is 5. The summed E-state index contributed by atoms with van der Waals surface area (Å²) in [5.74, 6) is -4.52. The molecule has 5 aliphatic heterocycles. The van der Waals surface area contributed by atoms with Crippen LogP contribution >= 0.6 is 12.0 Å². The number of ether oxygens (including phenoxy) is 16. The van der Waals surface area contributed by atoms with Crippen molar-refractivity contribution in [3.05, 3.63) is 24.0 Å². The lowest BCUT2D eigenvalue weighted by Gasteiger charge is -2.37. The highest BCUT2D eigenvalue weighted by Gasteiger charge is 2.70. The standard InChI is InChI=1S/C20H32F8O11S.C17H28O7.C7H17N2.C7H15NO.C6H14N2.CH4/c21-17(22,18(23,24)37-19(25,26)20(27,28)40-39-38-29)2-1-3-34-14-16-15-35-11-10-32-7-6-30-4-5-31-8-9-33-12-13-36-16;1-18-15-2-3-16-17(14-15)24-13-11-22-9-7-20-5-4-19-6-8-21-10-12-23-16;1-8-4-6-9(2,3)7-5-8;1-8-5-3-7(9-2)4-6-8;1-7-3-5-8(2)6-4-7;/h16,29H,1-15H2;2-3,14,16-17H,4-13H2,1H3;4-7H2,1-3H3;7H,3-6H2,1-2H3;3-6H2,1-2H3;1H4/q;;+1;;;. The molecule has 91 heavy (non-hydrogen) atoms. The highest BCUT2D eigenvalue weighted by atomic mass is 32.2. The van der Waals surface area contributed by atoms with E-state index >= 15 is 0 Å². The van der Waals surface area contributed by atoms with Gasteiger partial charge in [0.05, 0.1) is 186 Å². The molecule has 0 bridgehead atoms. The molecule has 542 valence electrons. The topological polar surface area (TPSA) is 199 Å². The minimum absolute atomic E-state index is 0. The maximum atomic E-state index is 13.9. The monoisotopic (exact) mass is 1360 g/mol. The molecule has 0 radical (unpaired) electrons. The van der Waals surface area contributed by atoms with Crippen LogP contribution in [0, 0.1) is 0 Å². The number of methoxy groups -OCH3 is 2. The second-order valence-corrected chi connectivity index (χ2v) is 22.9. The van der Waals surface area contributed by atoms with Crippen LogP contribution in [0.4, 0.5) is 35.1 Å². The maximum absolute atomic E-state index is 13.9. The Hall–Kier alpha value is -1.85. The third-order valence-corrected chi connectivity index (χ3v) is 14.7. The Morgan fingerprint density at radius 2 is 0.956 bits per heavy atom. The van der Waals surface area contributed by atoms with Gasteiger partial charge in [-0.1, -0.05) is 12.5 Å². The molecule has 5 heterocycles. The van der Waals surface area contributed by atoms with E-state index in [1.165, 1.54) is 82.8 Å². The highest BCUT2D eigenvalue weighted by molar-refractivity contribution is 7.95. The van der Waals surface area contributed by atoms with Gasteiger partial charge >= 0.3 is 23.4 Å². The maximum Gasteiger partial charge on any atom is 0.436 e. The predicted molar refractivity (Wildman–Crippen MR) is 323 cm³/mol. The first kappa shape index (κ1) is 87.2. The second kappa shape index (κ2) is 51.4. The van der Waals surface area contributed by atoms with Crippen LogP contribution in [-0.2, 0) is 85.2 Å². The molecule has 0 aromatic rings. The lowest BCUT2D eigenvalue weighted by molar-refractivity contribution is -0.894. The molecule has 6 rings (SSSR count). The third-order valence-electron chi connectivity index (χ3n) is 14.1. The van der Waals surface area contributed by atoms with E-state index in [0.29, 0.717) is 112 Å². The van der Waals surface area contributed by atoms with Crippen molar-refractivity contribution in [2.45, 2.75) is 80.9 Å². The summed E-state index contributed by atoms with van der Waals surface area (Å²) in [5.41, 5.74) is 0. The molecule has 24 nitrogen and oxygen atoms in total. The highest BCUT2D eigenvalue weighted by Crippen LogP contribution is 2.50. The number of likely N-dealkylation sites (tertiary alicyclic amines) is 1. The molecule has 1 aliphatic carbocycles. The number of halogens is 8. The number of alkyl halides is 8. The van der Waals surface area contributed by atoms with Gasteiger partial charge in [-0.25, -0.2) is 9.99 Å². The normalized spacial score (nSPS) is 24.5. The Kier molecular flexibility index (Phi) is 49.2. The van der Waals surface area contributed by atoms with E-state index in [-0.39, 0.29) is 59.3 Å². The molecule has 0 aromatic heterocycles. The number of quaternary nitrogens is 1. The van der Waals surface area contributed by atoms with Gasteiger partial charge in [0.1, 0.15) is 36.1 Å². The van der Waals surface area contributed by atoms with Crippen LogP contribution in [0.1, 0.15) is 33.1 Å². The lowest BCUT2D eigenvalue weighted by atomic mass is 10.1. The Bertz CT molecular complexity index is 1760. The van der Waals surface area contributed by atoms with E-state index in [4.69, 9.17) is 76.3 Å². The number of fused-ring (bicyclic) bond motifs is 1. The largest absolute Gasteiger partial charge is 0.497 e. The van der Waals surface area contributed by atoms with E-state index in [1.54, 1.807) is 14.2 Å². The molecule has 0 spiro atoms.